The van der Waals surface area contributed by atoms with Crippen molar-refractivity contribution in [1.29, 1.82) is 0 Å². The molecule has 0 bridgehead atoms. The maximum absolute atomic E-state index is 12.5. The van der Waals surface area contributed by atoms with Gasteiger partial charge in [0.05, 0.1) is 13.2 Å². The summed E-state index contributed by atoms with van der Waals surface area (Å²) in [5, 5.41) is 0. The van der Waals surface area contributed by atoms with Gasteiger partial charge in [0, 0.05) is 19.4 Å². The molecule has 0 fully saturated rings. The van der Waals surface area contributed by atoms with Crippen LogP contribution < -0.4 is 5.73 Å². The van der Waals surface area contributed by atoms with Gasteiger partial charge < -0.3 is 20.1 Å². The van der Waals surface area contributed by atoms with E-state index in [0.717, 1.165) is 44.9 Å². The van der Waals surface area contributed by atoms with Crippen LogP contribution in [0.5, 0.6) is 0 Å². The van der Waals surface area contributed by atoms with E-state index in [1.165, 1.54) is 89.9 Å². The highest BCUT2D eigenvalue weighted by atomic mass is 31.2. The number of esters is 2. The summed E-state index contributed by atoms with van der Waals surface area (Å²) in [4.78, 5) is 34.7. The van der Waals surface area contributed by atoms with E-state index in [0.29, 0.717) is 6.42 Å². The van der Waals surface area contributed by atoms with Gasteiger partial charge in [0.15, 0.2) is 6.10 Å². The van der Waals surface area contributed by atoms with Crippen molar-refractivity contribution < 1.29 is 37.6 Å². The van der Waals surface area contributed by atoms with Crippen LogP contribution >= 0.6 is 7.82 Å². The molecule has 0 aromatic carbocycles. The number of hydrogen-bond donors (Lipinski definition) is 2. The largest absolute Gasteiger partial charge is 0.472 e. The summed E-state index contributed by atoms with van der Waals surface area (Å²) in [5.74, 6) is -0.926. The van der Waals surface area contributed by atoms with Gasteiger partial charge in [0.25, 0.3) is 0 Å². The Morgan fingerprint density at radius 3 is 1.53 bits per heavy atom. The molecule has 0 saturated carbocycles. The van der Waals surface area contributed by atoms with E-state index in [-0.39, 0.29) is 32.6 Å². The van der Waals surface area contributed by atoms with Gasteiger partial charge in [-0.05, 0) is 51.4 Å². The highest BCUT2D eigenvalue weighted by molar-refractivity contribution is 7.47. The van der Waals surface area contributed by atoms with E-state index in [2.05, 4.69) is 62.5 Å². The molecular weight excluding hydrogens is 689 g/mol. The van der Waals surface area contributed by atoms with Crippen LogP contribution in [0.25, 0.3) is 0 Å². The fourth-order valence-corrected chi connectivity index (χ4v) is 6.09. The molecule has 3 N–H and O–H groups in total. The molecule has 53 heavy (non-hydrogen) atoms. The number of unbranched alkanes of at least 4 members (excludes halogenated alkanes) is 15. The zero-order chi connectivity index (χ0) is 38.9. The Labute approximate surface area is 323 Å². The molecule has 0 saturated heterocycles. The van der Waals surface area contributed by atoms with E-state index in [1.807, 2.05) is 12.2 Å². The van der Waals surface area contributed by atoms with E-state index >= 15 is 0 Å². The van der Waals surface area contributed by atoms with Crippen molar-refractivity contribution in [3.8, 4) is 0 Å². The maximum atomic E-state index is 12.5. The van der Waals surface area contributed by atoms with Crippen LogP contribution in [0, 0.1) is 0 Å². The lowest BCUT2D eigenvalue weighted by Crippen LogP contribution is -2.29. The molecule has 9 nitrogen and oxygen atoms in total. The first-order valence-electron chi connectivity index (χ1n) is 20.8. The van der Waals surface area contributed by atoms with Crippen molar-refractivity contribution in [2.24, 2.45) is 5.73 Å². The Morgan fingerprint density at radius 2 is 1.02 bits per heavy atom. The first-order chi connectivity index (χ1) is 25.8. The average molecular weight is 766 g/mol. The van der Waals surface area contributed by atoms with Crippen LogP contribution in [0.3, 0.4) is 0 Å². The predicted octanol–water partition coefficient (Wildman–Crippen LogP) is 11.7. The normalized spacial score (nSPS) is 14.0. The molecule has 10 heteroatoms. The van der Waals surface area contributed by atoms with Crippen molar-refractivity contribution in [2.75, 3.05) is 26.4 Å². The molecule has 1 unspecified atom stereocenters. The summed E-state index contributed by atoms with van der Waals surface area (Å²) in [6.45, 7) is 3.61. The molecule has 0 heterocycles. The Morgan fingerprint density at radius 1 is 0.566 bits per heavy atom. The summed E-state index contributed by atoms with van der Waals surface area (Å²) in [6, 6.07) is 0. The standard InChI is InChI=1S/C43H76NO8P/c1-3-5-7-9-11-13-15-17-18-19-20-21-22-24-26-28-30-32-34-36-43(46)52-41(40-51-53(47,48)50-38-37-44)39-49-42(45)35-33-31-29-27-25-23-16-14-12-10-8-6-4-2/h11,13,17-18,20-21,24,26,30,32,41H,3-10,12,14-16,19,22-23,25,27-29,31,33-40,44H2,1-2H3,(H,47,48)/b13-11+,18-17+,21-20+,26-24+,32-30+/t41-/m1/s1. The first kappa shape index (κ1) is 50.7. The van der Waals surface area contributed by atoms with Gasteiger partial charge in [-0.15, -0.1) is 0 Å². The predicted molar refractivity (Wildman–Crippen MR) is 219 cm³/mol. The molecule has 2 atom stereocenters. The first-order valence-corrected chi connectivity index (χ1v) is 22.3. The number of phosphoric ester groups is 1. The summed E-state index contributed by atoms with van der Waals surface area (Å²) in [7, 11) is -4.39. The quantitative estimate of drug-likeness (QED) is 0.0272. The molecular formula is C43H76NO8P. The smallest absolute Gasteiger partial charge is 0.462 e. The highest BCUT2D eigenvalue weighted by Gasteiger charge is 2.25. The number of ether oxygens (including phenoxy) is 2. The van der Waals surface area contributed by atoms with Gasteiger partial charge in [-0.3, -0.25) is 18.6 Å². The lowest BCUT2D eigenvalue weighted by molar-refractivity contribution is -0.161. The molecule has 306 valence electrons. The zero-order valence-corrected chi connectivity index (χ0v) is 34.4. The number of rotatable bonds is 38. The van der Waals surface area contributed by atoms with Crippen LogP contribution in [0.2, 0.25) is 0 Å². The Balaban J connectivity index is 4.32. The Kier molecular flexibility index (Phi) is 37.7. The summed E-state index contributed by atoms with van der Waals surface area (Å²) < 4.78 is 32.6. The molecule has 0 aliphatic carbocycles. The molecule has 0 rings (SSSR count). The minimum absolute atomic E-state index is 0.0407. The van der Waals surface area contributed by atoms with Crippen molar-refractivity contribution in [2.45, 2.75) is 174 Å². The fraction of sp³-hybridized carbons (Fsp3) is 0.721. The number of nitrogens with two attached hydrogens (primary N) is 1. The van der Waals surface area contributed by atoms with Crippen molar-refractivity contribution >= 4 is 19.8 Å². The number of carbonyl (C=O) groups excluding carboxylic acids is 2. The minimum Gasteiger partial charge on any atom is -0.462 e. The highest BCUT2D eigenvalue weighted by Crippen LogP contribution is 2.43. The van der Waals surface area contributed by atoms with Crippen LogP contribution in [0.15, 0.2) is 60.8 Å². The Bertz CT molecular complexity index is 1050. The van der Waals surface area contributed by atoms with Crippen LogP contribution in [-0.2, 0) is 32.7 Å². The number of hydrogen-bond acceptors (Lipinski definition) is 8. The van der Waals surface area contributed by atoms with E-state index in [9.17, 15) is 19.0 Å². The number of carbonyl (C=O) groups is 2. The second kappa shape index (κ2) is 39.4. The second-order valence-corrected chi connectivity index (χ2v) is 15.0. The van der Waals surface area contributed by atoms with Crippen LogP contribution in [-0.4, -0.2) is 49.3 Å². The Hall–Kier alpha value is -2.29. The average Bonchev–Trinajstić information content (AvgIpc) is 3.14. The van der Waals surface area contributed by atoms with Crippen LogP contribution in [0.4, 0.5) is 0 Å². The van der Waals surface area contributed by atoms with Gasteiger partial charge in [-0.2, -0.15) is 0 Å². The molecule has 0 aliphatic rings. The minimum atomic E-state index is -4.39. The molecule has 0 aromatic rings. The lowest BCUT2D eigenvalue weighted by Gasteiger charge is -2.19. The van der Waals surface area contributed by atoms with Crippen molar-refractivity contribution in [3.63, 3.8) is 0 Å². The molecule has 0 aromatic heterocycles. The molecule has 0 amide bonds. The van der Waals surface area contributed by atoms with Gasteiger partial charge in [0.2, 0.25) is 0 Å². The van der Waals surface area contributed by atoms with E-state index in [4.69, 9.17) is 24.3 Å². The maximum Gasteiger partial charge on any atom is 0.472 e. The summed E-state index contributed by atoms with van der Waals surface area (Å²) in [5.41, 5.74) is 5.33. The third-order valence-corrected chi connectivity index (χ3v) is 9.40. The van der Waals surface area contributed by atoms with E-state index < -0.39 is 32.5 Å². The van der Waals surface area contributed by atoms with Gasteiger partial charge in [-0.1, -0.05) is 164 Å². The SMILES string of the molecule is CCCCC/C=C/C/C=C/C/C=C/C/C=C/C/C=C/CCC(=O)O[C@H](COC(=O)CCCCCCCCCCCCCCC)COP(=O)(O)OCCN. The van der Waals surface area contributed by atoms with Gasteiger partial charge in [-0.25, -0.2) is 4.57 Å². The molecule has 0 spiro atoms. The topological polar surface area (TPSA) is 134 Å². The number of allylic oxidation sites excluding steroid dienone is 10. The summed E-state index contributed by atoms with van der Waals surface area (Å²) in [6.07, 6.45) is 45.5. The zero-order valence-electron chi connectivity index (χ0n) is 33.5. The molecule has 0 radical (unpaired) electrons. The third-order valence-electron chi connectivity index (χ3n) is 8.42. The number of phosphoric acid groups is 1. The third kappa shape index (κ3) is 39.2. The van der Waals surface area contributed by atoms with Crippen molar-refractivity contribution in [3.05, 3.63) is 60.8 Å². The van der Waals surface area contributed by atoms with Gasteiger partial charge in [0.1, 0.15) is 6.61 Å². The monoisotopic (exact) mass is 766 g/mol. The second-order valence-electron chi connectivity index (χ2n) is 13.5. The van der Waals surface area contributed by atoms with Crippen molar-refractivity contribution in [1.82, 2.24) is 0 Å². The fourth-order valence-electron chi connectivity index (χ4n) is 5.32. The summed E-state index contributed by atoms with van der Waals surface area (Å²) >= 11 is 0. The molecule has 0 aliphatic heterocycles. The van der Waals surface area contributed by atoms with Gasteiger partial charge >= 0.3 is 19.8 Å². The van der Waals surface area contributed by atoms with Crippen LogP contribution in [0.1, 0.15) is 168 Å². The van der Waals surface area contributed by atoms with E-state index in [1.54, 1.807) is 0 Å². The lowest BCUT2D eigenvalue weighted by atomic mass is 10.0.